The van der Waals surface area contributed by atoms with Gasteiger partial charge in [-0.05, 0) is 48.0 Å². The van der Waals surface area contributed by atoms with Crippen LogP contribution in [0.2, 0.25) is 0 Å². The molecule has 1 amide bonds. The van der Waals surface area contributed by atoms with E-state index in [1.807, 2.05) is 41.5 Å². The van der Waals surface area contributed by atoms with Crippen molar-refractivity contribution in [3.05, 3.63) is 0 Å². The van der Waals surface area contributed by atoms with Gasteiger partial charge in [0, 0.05) is 19.0 Å². The van der Waals surface area contributed by atoms with Gasteiger partial charge in [0.05, 0.1) is 6.21 Å². The number of carbonyl (C=O) groups excluding carboxylic acids is 1. The molecule has 1 rings (SSSR count). The van der Waals surface area contributed by atoms with Crippen molar-refractivity contribution < 1.29 is 14.1 Å². The van der Waals surface area contributed by atoms with Gasteiger partial charge in [0.2, 0.25) is 0 Å². The zero-order valence-electron chi connectivity index (χ0n) is 13.3. The van der Waals surface area contributed by atoms with E-state index in [2.05, 4.69) is 4.40 Å². The van der Waals surface area contributed by atoms with Gasteiger partial charge in [0.15, 0.2) is 0 Å². The topological polar surface area (TPSA) is 65.0 Å². The minimum Gasteiger partial charge on any atom is -0.591 e. The van der Waals surface area contributed by atoms with Crippen molar-refractivity contribution in [1.29, 1.82) is 0 Å². The summed E-state index contributed by atoms with van der Waals surface area (Å²) in [5.74, 6) is 0.161. The van der Waals surface area contributed by atoms with Crippen molar-refractivity contribution in [3.8, 4) is 0 Å². The molecule has 0 N–H and O–H groups in total. The maximum atomic E-state index is 11.9. The minimum atomic E-state index is -1.24. The molecule has 1 aliphatic heterocycles. The Hall–Kier alpha value is -0.750. The number of hydrogen-bond acceptors (Lipinski definition) is 4. The van der Waals surface area contributed by atoms with E-state index in [9.17, 15) is 9.35 Å². The molecule has 1 saturated heterocycles. The molecule has 5 nitrogen and oxygen atoms in total. The largest absolute Gasteiger partial charge is 0.591 e. The number of hydrogen-bond donors (Lipinski definition) is 0. The smallest absolute Gasteiger partial charge is 0.410 e. The molecule has 20 heavy (non-hydrogen) atoms. The molecule has 6 heteroatoms. The zero-order chi connectivity index (χ0) is 15.6. The molecule has 1 heterocycles. The average molecular weight is 302 g/mol. The summed E-state index contributed by atoms with van der Waals surface area (Å²) in [6.07, 6.45) is 2.28. The molecule has 0 aromatic rings. The Kier molecular flexibility index (Phi) is 5.49. The second kappa shape index (κ2) is 6.35. The third kappa shape index (κ3) is 5.71. The third-order valence-corrected chi connectivity index (χ3v) is 4.13. The second-order valence-corrected chi connectivity index (χ2v) is 9.02. The molecular weight excluding hydrogens is 276 g/mol. The van der Waals surface area contributed by atoms with Crippen LogP contribution in [-0.2, 0) is 16.1 Å². The molecule has 0 saturated carbocycles. The van der Waals surface area contributed by atoms with Crippen LogP contribution >= 0.6 is 0 Å². The van der Waals surface area contributed by atoms with Crippen molar-refractivity contribution in [2.75, 3.05) is 13.1 Å². The van der Waals surface area contributed by atoms with Gasteiger partial charge in [-0.3, -0.25) is 0 Å². The van der Waals surface area contributed by atoms with Crippen LogP contribution in [0.3, 0.4) is 0 Å². The van der Waals surface area contributed by atoms with Crippen LogP contribution in [0.25, 0.3) is 0 Å². The van der Waals surface area contributed by atoms with Gasteiger partial charge in [-0.25, -0.2) is 4.79 Å². The maximum absolute atomic E-state index is 11.9. The number of amides is 1. The zero-order valence-corrected chi connectivity index (χ0v) is 14.1. The number of likely N-dealkylation sites (tertiary alicyclic amines) is 1. The Bertz CT molecular complexity index is 372. The summed E-state index contributed by atoms with van der Waals surface area (Å²) < 4.78 is 20.9. The first-order valence-electron chi connectivity index (χ1n) is 6.93. The second-order valence-electron chi connectivity index (χ2n) is 7.09. The van der Waals surface area contributed by atoms with Crippen LogP contribution in [-0.4, -0.2) is 45.2 Å². The first kappa shape index (κ1) is 17.3. The van der Waals surface area contributed by atoms with Crippen molar-refractivity contribution in [3.63, 3.8) is 0 Å². The average Bonchev–Trinajstić information content (AvgIpc) is 2.70. The van der Waals surface area contributed by atoms with E-state index in [0.29, 0.717) is 13.1 Å². The van der Waals surface area contributed by atoms with Crippen LogP contribution in [0.4, 0.5) is 4.79 Å². The Morgan fingerprint density at radius 2 is 1.95 bits per heavy atom. The molecule has 0 aromatic heterocycles. The predicted octanol–water partition coefficient (Wildman–Crippen LogP) is 2.78. The molecule has 0 radical (unpaired) electrons. The highest BCUT2D eigenvalue weighted by atomic mass is 32.2. The van der Waals surface area contributed by atoms with Crippen molar-refractivity contribution in [2.24, 2.45) is 10.3 Å². The summed E-state index contributed by atoms with van der Waals surface area (Å²) in [6.45, 7) is 12.5. The molecule has 0 spiro atoms. The fraction of sp³-hybridized carbons (Fsp3) is 0.857. The monoisotopic (exact) mass is 302 g/mol. The number of carbonyl (C=O) groups is 1. The van der Waals surface area contributed by atoms with E-state index in [4.69, 9.17) is 4.74 Å². The number of ether oxygens (including phenoxy) is 1. The van der Waals surface area contributed by atoms with Crippen LogP contribution < -0.4 is 0 Å². The van der Waals surface area contributed by atoms with Crippen LogP contribution in [0.15, 0.2) is 4.40 Å². The molecule has 1 aliphatic rings. The Morgan fingerprint density at radius 1 is 1.35 bits per heavy atom. The normalized spacial score (nSPS) is 22.4. The number of nitrogens with zero attached hydrogens (tertiary/aromatic N) is 2. The van der Waals surface area contributed by atoms with Crippen molar-refractivity contribution in [2.45, 2.75) is 58.3 Å². The highest BCUT2D eigenvalue weighted by molar-refractivity contribution is 7.91. The molecule has 0 aliphatic carbocycles. The fourth-order valence-electron chi connectivity index (χ4n) is 1.70. The molecule has 2 atom stereocenters. The summed E-state index contributed by atoms with van der Waals surface area (Å²) >= 11 is -1.24. The van der Waals surface area contributed by atoms with Gasteiger partial charge in [0.25, 0.3) is 0 Å². The van der Waals surface area contributed by atoms with Gasteiger partial charge in [-0.2, -0.15) is 0 Å². The highest BCUT2D eigenvalue weighted by Gasteiger charge is 2.30. The lowest BCUT2D eigenvalue weighted by Crippen LogP contribution is -2.35. The predicted molar refractivity (Wildman–Crippen MR) is 82.3 cm³/mol. The van der Waals surface area contributed by atoms with Gasteiger partial charge in [-0.15, -0.1) is 0 Å². The molecular formula is C14H26N2O3S. The lowest BCUT2D eigenvalue weighted by atomic mass is 10.1. The van der Waals surface area contributed by atoms with E-state index in [1.54, 1.807) is 11.1 Å². The Morgan fingerprint density at radius 3 is 2.45 bits per heavy atom. The van der Waals surface area contributed by atoms with Gasteiger partial charge >= 0.3 is 6.09 Å². The van der Waals surface area contributed by atoms with Gasteiger partial charge in [-0.1, -0.05) is 4.40 Å². The quantitative estimate of drug-likeness (QED) is 0.582. The van der Waals surface area contributed by atoms with E-state index in [-0.39, 0.29) is 16.8 Å². The molecule has 116 valence electrons. The Balaban J connectivity index is 2.48. The maximum Gasteiger partial charge on any atom is 0.410 e. The Labute approximate surface area is 125 Å². The molecule has 1 unspecified atom stereocenters. The standard InChI is InChI=1S/C14H26N2O3S/c1-13(2,3)19-12(17)16-8-7-11(10-16)9-15-20(18)14(4,5)6/h9,11H,7-8,10H2,1-6H3/t11-,20?/m1/s1. The van der Waals surface area contributed by atoms with Crippen molar-refractivity contribution >= 4 is 23.7 Å². The lowest BCUT2D eigenvalue weighted by molar-refractivity contribution is 0.0292. The third-order valence-electron chi connectivity index (χ3n) is 2.77. The van der Waals surface area contributed by atoms with Crippen molar-refractivity contribution in [1.82, 2.24) is 4.90 Å². The fourth-order valence-corrected chi connectivity index (χ4v) is 2.30. The van der Waals surface area contributed by atoms with Gasteiger partial charge in [0.1, 0.15) is 21.7 Å². The SMILES string of the molecule is CC(C)(C)OC(=O)N1CC[C@H](C=N[S+]([O-])C(C)(C)C)C1. The molecule has 0 bridgehead atoms. The summed E-state index contributed by atoms with van der Waals surface area (Å²) in [5.41, 5.74) is -0.475. The summed E-state index contributed by atoms with van der Waals surface area (Å²) in [4.78, 5) is 13.6. The summed E-state index contributed by atoms with van der Waals surface area (Å²) in [5, 5.41) is 0. The van der Waals surface area contributed by atoms with E-state index >= 15 is 0 Å². The van der Waals surface area contributed by atoms with Crippen LogP contribution in [0.5, 0.6) is 0 Å². The first-order chi connectivity index (χ1) is 8.99. The molecule has 0 aromatic carbocycles. The van der Waals surface area contributed by atoms with Gasteiger partial charge < -0.3 is 14.2 Å². The summed E-state index contributed by atoms with van der Waals surface area (Å²) in [6, 6.07) is 0. The summed E-state index contributed by atoms with van der Waals surface area (Å²) in [7, 11) is 0. The minimum absolute atomic E-state index is 0.161. The van der Waals surface area contributed by atoms with Crippen LogP contribution in [0.1, 0.15) is 48.0 Å². The molecule has 1 fully saturated rings. The number of rotatable bonds is 2. The van der Waals surface area contributed by atoms with E-state index < -0.39 is 17.0 Å². The highest BCUT2D eigenvalue weighted by Crippen LogP contribution is 2.20. The van der Waals surface area contributed by atoms with E-state index in [0.717, 1.165) is 6.42 Å². The van der Waals surface area contributed by atoms with Crippen LogP contribution in [0, 0.1) is 5.92 Å². The lowest BCUT2D eigenvalue weighted by Gasteiger charge is -2.24. The first-order valence-corrected chi connectivity index (χ1v) is 8.04. The van der Waals surface area contributed by atoms with E-state index in [1.165, 1.54) is 0 Å².